The van der Waals surface area contributed by atoms with Crippen LogP contribution in [0.15, 0.2) is 78.0 Å². The minimum atomic E-state index is -4.85. The van der Waals surface area contributed by atoms with Crippen molar-refractivity contribution in [1.29, 1.82) is 0 Å². The maximum Gasteiger partial charge on any atom is 0.429 e. The van der Waals surface area contributed by atoms with Crippen molar-refractivity contribution >= 4 is 26.9 Å². The molecule has 0 radical (unpaired) electrons. The van der Waals surface area contributed by atoms with Crippen molar-refractivity contribution in [2.75, 3.05) is 11.8 Å². The predicted molar refractivity (Wildman–Crippen MR) is 117 cm³/mol. The van der Waals surface area contributed by atoms with Crippen molar-refractivity contribution in [3.63, 3.8) is 0 Å². The van der Waals surface area contributed by atoms with E-state index in [0.29, 0.717) is 0 Å². The summed E-state index contributed by atoms with van der Waals surface area (Å²) in [6.07, 6.45) is -4.99. The molecule has 0 amide bonds. The smallest absolute Gasteiger partial charge is 0.429 e. The molecule has 12 heteroatoms. The first-order valence-electron chi connectivity index (χ1n) is 9.75. The lowest BCUT2D eigenvalue weighted by molar-refractivity contribution is -0.198. The molecule has 4 rings (SSSR count). The zero-order valence-electron chi connectivity index (χ0n) is 17.5. The lowest BCUT2D eigenvalue weighted by Crippen LogP contribution is -2.27. The van der Waals surface area contributed by atoms with Crippen molar-refractivity contribution in [3.05, 3.63) is 78.6 Å². The number of hydrogen-bond acceptors (Lipinski definition) is 7. The Bertz CT molecular complexity index is 1420. The van der Waals surface area contributed by atoms with Crippen molar-refractivity contribution in [2.45, 2.75) is 17.2 Å². The second-order valence-electron chi connectivity index (χ2n) is 6.95. The summed E-state index contributed by atoms with van der Waals surface area (Å²) in [5, 5.41) is 0. The number of methoxy groups -OCH3 is 1. The third kappa shape index (κ3) is 4.86. The fraction of sp³-hybridized carbons (Fsp3) is 0.136. The second kappa shape index (κ2) is 9.14. The highest BCUT2D eigenvalue weighted by Gasteiger charge is 2.44. The summed E-state index contributed by atoms with van der Waals surface area (Å²) < 4.78 is 80.3. The van der Waals surface area contributed by atoms with Gasteiger partial charge in [0.05, 0.1) is 18.1 Å². The first kappa shape index (κ1) is 23.2. The standard InChI is InChI=1S/C22H17F3N4O4S/c1-32-17-10-4-5-11-18(17)34(30,31)29-20-21(28-16-9-3-2-8-15(16)27-20)33-19(22(23,24)25)14-7-6-12-26-13-14/h2-13,19H,1H3,(H,27,29). The molecule has 8 nitrogen and oxygen atoms in total. The zero-order chi connectivity index (χ0) is 24.3. The molecule has 176 valence electrons. The Kier molecular flexibility index (Phi) is 6.24. The van der Waals surface area contributed by atoms with Crippen LogP contribution in [0.1, 0.15) is 11.7 Å². The Morgan fingerprint density at radius 2 is 1.62 bits per heavy atom. The molecule has 0 fully saturated rings. The summed E-state index contributed by atoms with van der Waals surface area (Å²) in [4.78, 5) is 11.8. The molecule has 0 aliphatic heterocycles. The van der Waals surface area contributed by atoms with Gasteiger partial charge in [-0.3, -0.25) is 9.71 Å². The van der Waals surface area contributed by atoms with Crippen LogP contribution in [0.5, 0.6) is 11.6 Å². The van der Waals surface area contributed by atoms with Crippen molar-refractivity contribution in [1.82, 2.24) is 15.0 Å². The number of alkyl halides is 3. The van der Waals surface area contributed by atoms with Crippen LogP contribution < -0.4 is 14.2 Å². The SMILES string of the molecule is COc1ccccc1S(=O)(=O)Nc1nc2ccccc2nc1OC(c1cccnc1)C(F)(F)F. The Labute approximate surface area is 192 Å². The number of hydrogen-bond donors (Lipinski definition) is 1. The molecule has 0 spiro atoms. The van der Waals surface area contributed by atoms with Gasteiger partial charge in [0, 0.05) is 18.0 Å². The van der Waals surface area contributed by atoms with E-state index in [9.17, 15) is 21.6 Å². The Balaban J connectivity index is 1.82. The Morgan fingerprint density at radius 3 is 2.26 bits per heavy atom. The summed E-state index contributed by atoms with van der Waals surface area (Å²) in [6.45, 7) is 0. The van der Waals surface area contributed by atoms with Gasteiger partial charge in [0.15, 0.2) is 0 Å². The minimum absolute atomic E-state index is 0.0368. The molecule has 1 N–H and O–H groups in total. The van der Waals surface area contributed by atoms with Gasteiger partial charge >= 0.3 is 6.18 Å². The molecule has 0 saturated heterocycles. The van der Waals surface area contributed by atoms with Crippen LogP contribution >= 0.6 is 0 Å². The highest BCUT2D eigenvalue weighted by molar-refractivity contribution is 7.92. The highest BCUT2D eigenvalue weighted by atomic mass is 32.2. The van der Waals surface area contributed by atoms with Gasteiger partial charge in [-0.2, -0.15) is 13.2 Å². The van der Waals surface area contributed by atoms with Gasteiger partial charge in [0.25, 0.3) is 15.9 Å². The largest absolute Gasteiger partial charge is 0.495 e. The van der Waals surface area contributed by atoms with Crippen molar-refractivity contribution in [3.8, 4) is 11.6 Å². The number of sulfonamides is 1. The molecule has 34 heavy (non-hydrogen) atoms. The van der Waals surface area contributed by atoms with Gasteiger partial charge in [0.2, 0.25) is 11.9 Å². The molecule has 0 bridgehead atoms. The monoisotopic (exact) mass is 490 g/mol. The third-order valence-corrected chi connectivity index (χ3v) is 6.02. The first-order chi connectivity index (χ1) is 16.2. The van der Waals surface area contributed by atoms with E-state index in [-0.39, 0.29) is 27.2 Å². The molecule has 1 unspecified atom stereocenters. The van der Waals surface area contributed by atoms with E-state index in [1.165, 1.54) is 55.8 Å². The number of nitrogens with one attached hydrogen (secondary N) is 1. The van der Waals surface area contributed by atoms with Gasteiger partial charge in [-0.1, -0.05) is 30.3 Å². The second-order valence-corrected chi connectivity index (χ2v) is 8.60. The van der Waals surface area contributed by atoms with E-state index in [4.69, 9.17) is 9.47 Å². The predicted octanol–water partition coefficient (Wildman–Crippen LogP) is 4.52. The molecule has 0 saturated carbocycles. The average Bonchev–Trinajstić information content (AvgIpc) is 2.82. The maximum absolute atomic E-state index is 13.9. The summed E-state index contributed by atoms with van der Waals surface area (Å²) >= 11 is 0. The summed E-state index contributed by atoms with van der Waals surface area (Å²) in [6, 6.07) is 14.6. The number of para-hydroxylation sites is 3. The minimum Gasteiger partial charge on any atom is -0.495 e. The van der Waals surface area contributed by atoms with Crippen molar-refractivity contribution < 1.29 is 31.1 Å². The highest BCUT2D eigenvalue weighted by Crippen LogP contribution is 2.39. The van der Waals surface area contributed by atoms with Crippen LogP contribution in [0, 0.1) is 0 Å². The molecule has 2 aromatic carbocycles. The lowest BCUT2D eigenvalue weighted by Gasteiger charge is -2.22. The third-order valence-electron chi connectivity index (χ3n) is 4.64. The van der Waals surface area contributed by atoms with E-state index >= 15 is 0 Å². The zero-order valence-corrected chi connectivity index (χ0v) is 18.3. The molecular weight excluding hydrogens is 473 g/mol. The van der Waals surface area contributed by atoms with Crippen LogP contribution in [-0.2, 0) is 10.0 Å². The van der Waals surface area contributed by atoms with Crippen LogP contribution in [0.3, 0.4) is 0 Å². The molecule has 2 aromatic heterocycles. The van der Waals surface area contributed by atoms with E-state index < -0.39 is 34.0 Å². The van der Waals surface area contributed by atoms with Gasteiger partial charge < -0.3 is 9.47 Å². The summed E-state index contributed by atoms with van der Waals surface area (Å²) in [7, 11) is -3.04. The quantitative estimate of drug-likeness (QED) is 0.406. The first-order valence-corrected chi connectivity index (χ1v) is 11.2. The number of nitrogens with zero attached hydrogens (tertiary/aromatic N) is 3. The van der Waals surface area contributed by atoms with E-state index in [0.717, 1.165) is 6.20 Å². The fourth-order valence-electron chi connectivity index (χ4n) is 3.12. The number of halogens is 3. The van der Waals surface area contributed by atoms with Crippen LogP contribution in [0.25, 0.3) is 11.0 Å². The number of aromatic nitrogens is 3. The maximum atomic E-state index is 13.9. The van der Waals surface area contributed by atoms with Gasteiger partial charge in [0.1, 0.15) is 10.6 Å². The number of fused-ring (bicyclic) bond motifs is 1. The molecular formula is C22H17F3N4O4S. The summed E-state index contributed by atoms with van der Waals surface area (Å²) in [5.74, 6) is -1.12. The van der Waals surface area contributed by atoms with Crippen molar-refractivity contribution in [2.24, 2.45) is 0 Å². The van der Waals surface area contributed by atoms with Gasteiger partial charge in [-0.05, 0) is 30.3 Å². The molecule has 0 aliphatic carbocycles. The molecule has 2 heterocycles. The Morgan fingerprint density at radius 1 is 0.941 bits per heavy atom. The number of benzene rings is 2. The van der Waals surface area contributed by atoms with E-state index in [2.05, 4.69) is 19.7 Å². The molecule has 1 atom stereocenters. The Hall–Kier alpha value is -3.93. The van der Waals surface area contributed by atoms with E-state index in [1.807, 2.05) is 0 Å². The van der Waals surface area contributed by atoms with Gasteiger partial charge in [-0.25, -0.2) is 18.4 Å². The number of rotatable bonds is 7. The van der Waals surface area contributed by atoms with Gasteiger partial charge in [-0.15, -0.1) is 0 Å². The normalized spacial score (nSPS) is 12.8. The molecule has 4 aromatic rings. The van der Waals surface area contributed by atoms with Crippen LogP contribution in [0.2, 0.25) is 0 Å². The fourth-order valence-corrected chi connectivity index (χ4v) is 4.29. The number of pyridine rings is 1. The summed E-state index contributed by atoms with van der Waals surface area (Å²) in [5.41, 5.74) is 0.172. The molecule has 0 aliphatic rings. The topological polar surface area (TPSA) is 103 Å². The average molecular weight is 490 g/mol. The van der Waals surface area contributed by atoms with Crippen LogP contribution in [0.4, 0.5) is 19.0 Å². The lowest BCUT2D eigenvalue weighted by atomic mass is 10.1. The number of anilines is 1. The number of ether oxygens (including phenoxy) is 2. The van der Waals surface area contributed by atoms with Crippen LogP contribution in [-0.4, -0.2) is 36.7 Å². The van der Waals surface area contributed by atoms with E-state index in [1.54, 1.807) is 18.2 Å².